The number of allylic oxidation sites excluding steroid dienone is 1. The molecular formula is C10H16F2O2. The first kappa shape index (κ1) is 13.2. The van der Waals surface area contributed by atoms with Crippen molar-refractivity contribution in [3.63, 3.8) is 0 Å². The van der Waals surface area contributed by atoms with Crippen molar-refractivity contribution in [2.24, 2.45) is 0 Å². The second-order valence-corrected chi connectivity index (χ2v) is 3.21. The van der Waals surface area contributed by atoms with Crippen LogP contribution in [0.3, 0.4) is 0 Å². The molecule has 0 saturated heterocycles. The van der Waals surface area contributed by atoms with Gasteiger partial charge in [0.05, 0.1) is 6.61 Å². The van der Waals surface area contributed by atoms with Crippen LogP contribution in [0.4, 0.5) is 8.78 Å². The van der Waals surface area contributed by atoms with Gasteiger partial charge in [0, 0.05) is 12.8 Å². The second-order valence-electron chi connectivity index (χ2n) is 3.21. The summed E-state index contributed by atoms with van der Waals surface area (Å²) in [6.07, 6.45) is -1.17. The van der Waals surface area contributed by atoms with Gasteiger partial charge in [-0.25, -0.2) is 8.78 Å². The molecule has 14 heavy (non-hydrogen) atoms. The van der Waals surface area contributed by atoms with Gasteiger partial charge >= 0.3 is 0 Å². The second kappa shape index (κ2) is 7.62. The van der Waals surface area contributed by atoms with Crippen LogP contribution in [0.2, 0.25) is 0 Å². The molecule has 0 aromatic heterocycles. The molecule has 0 aromatic rings. The minimum absolute atomic E-state index is 0.0299. The molecule has 0 aliphatic rings. The summed E-state index contributed by atoms with van der Waals surface area (Å²) in [4.78, 5) is 11.1. The molecule has 4 heteroatoms. The molecule has 2 nitrogen and oxygen atoms in total. The lowest BCUT2D eigenvalue weighted by Crippen LogP contribution is -2.09. The molecule has 0 radical (unpaired) electrons. The summed E-state index contributed by atoms with van der Waals surface area (Å²) >= 11 is 0. The number of ether oxygens (including phenoxy) is 1. The number of hydrogen-bond donors (Lipinski definition) is 0. The average Bonchev–Trinajstić information content (AvgIpc) is 2.08. The van der Waals surface area contributed by atoms with Crippen molar-refractivity contribution in [2.75, 3.05) is 13.2 Å². The van der Waals surface area contributed by atoms with Gasteiger partial charge < -0.3 is 4.74 Å². The molecule has 0 bridgehead atoms. The fourth-order valence-electron chi connectivity index (χ4n) is 0.836. The number of ketones is 1. The topological polar surface area (TPSA) is 26.3 Å². The molecule has 0 saturated carbocycles. The Morgan fingerprint density at radius 2 is 2.00 bits per heavy atom. The fraction of sp³-hybridized carbons (Fsp3) is 0.700. The van der Waals surface area contributed by atoms with Gasteiger partial charge in [0.25, 0.3) is 6.43 Å². The van der Waals surface area contributed by atoms with E-state index in [1.54, 1.807) is 0 Å². The fourth-order valence-corrected chi connectivity index (χ4v) is 0.836. The van der Waals surface area contributed by atoms with Crippen LogP contribution in [0.5, 0.6) is 0 Å². The smallest absolute Gasteiger partial charge is 0.261 e. The highest BCUT2D eigenvalue weighted by atomic mass is 19.3. The van der Waals surface area contributed by atoms with Gasteiger partial charge in [0.2, 0.25) is 0 Å². The molecular weight excluding hydrogens is 190 g/mol. The van der Waals surface area contributed by atoms with Crippen LogP contribution in [0, 0.1) is 0 Å². The summed E-state index contributed by atoms with van der Waals surface area (Å²) in [6.45, 7) is 5.01. The lowest BCUT2D eigenvalue weighted by molar-refractivity contribution is -0.120. The third-order valence-corrected chi connectivity index (χ3v) is 1.60. The standard InChI is InChI=1S/C10H16F2O2/c1-8(2)3-4-9(13)5-6-14-7-10(11)12/h10H,1,3-7H2,2H3. The first-order valence-corrected chi connectivity index (χ1v) is 4.54. The molecule has 0 unspecified atom stereocenters. The van der Waals surface area contributed by atoms with Crippen molar-refractivity contribution in [3.8, 4) is 0 Å². The summed E-state index contributed by atoms with van der Waals surface area (Å²) in [6, 6.07) is 0. The van der Waals surface area contributed by atoms with E-state index in [2.05, 4.69) is 11.3 Å². The van der Waals surface area contributed by atoms with E-state index in [0.29, 0.717) is 12.8 Å². The van der Waals surface area contributed by atoms with Gasteiger partial charge in [0.1, 0.15) is 12.4 Å². The zero-order chi connectivity index (χ0) is 11.0. The molecule has 0 spiro atoms. The van der Waals surface area contributed by atoms with E-state index in [-0.39, 0.29) is 18.8 Å². The van der Waals surface area contributed by atoms with Crippen LogP contribution in [0.25, 0.3) is 0 Å². The van der Waals surface area contributed by atoms with E-state index >= 15 is 0 Å². The Hall–Kier alpha value is -0.770. The number of alkyl halides is 2. The summed E-state index contributed by atoms with van der Waals surface area (Å²) in [5.41, 5.74) is 0.951. The number of Topliss-reactive ketones (excluding diaryl/α,β-unsaturated/α-hetero) is 1. The zero-order valence-corrected chi connectivity index (χ0v) is 8.39. The van der Waals surface area contributed by atoms with Crippen LogP contribution in [-0.4, -0.2) is 25.4 Å². The van der Waals surface area contributed by atoms with Gasteiger partial charge in [-0.15, -0.1) is 6.58 Å². The monoisotopic (exact) mass is 206 g/mol. The highest BCUT2D eigenvalue weighted by Crippen LogP contribution is 2.03. The third kappa shape index (κ3) is 9.32. The van der Waals surface area contributed by atoms with Gasteiger partial charge in [-0.1, -0.05) is 5.57 Å². The minimum Gasteiger partial charge on any atom is -0.375 e. The quantitative estimate of drug-likeness (QED) is 0.450. The van der Waals surface area contributed by atoms with Crippen molar-refractivity contribution >= 4 is 5.78 Å². The van der Waals surface area contributed by atoms with E-state index < -0.39 is 13.0 Å². The molecule has 0 aliphatic heterocycles. The first-order chi connectivity index (χ1) is 6.52. The van der Waals surface area contributed by atoms with Crippen molar-refractivity contribution in [2.45, 2.75) is 32.6 Å². The van der Waals surface area contributed by atoms with Crippen LogP contribution in [0.1, 0.15) is 26.2 Å². The Morgan fingerprint density at radius 1 is 1.36 bits per heavy atom. The van der Waals surface area contributed by atoms with Crippen LogP contribution in [0.15, 0.2) is 12.2 Å². The summed E-state index contributed by atoms with van der Waals surface area (Å²) < 4.78 is 27.8. The average molecular weight is 206 g/mol. The number of halogens is 2. The first-order valence-electron chi connectivity index (χ1n) is 4.54. The lowest BCUT2D eigenvalue weighted by atomic mass is 10.1. The molecule has 0 aromatic carbocycles. The van der Waals surface area contributed by atoms with E-state index in [4.69, 9.17) is 0 Å². The van der Waals surface area contributed by atoms with Gasteiger partial charge in [-0.3, -0.25) is 4.79 Å². The van der Waals surface area contributed by atoms with E-state index in [9.17, 15) is 13.6 Å². The highest BCUT2D eigenvalue weighted by Gasteiger charge is 2.04. The zero-order valence-electron chi connectivity index (χ0n) is 8.39. The molecule has 0 atom stereocenters. The molecule has 0 heterocycles. The predicted octanol–water partition coefficient (Wildman–Crippen LogP) is 2.58. The van der Waals surface area contributed by atoms with E-state index in [1.807, 2.05) is 6.92 Å². The highest BCUT2D eigenvalue weighted by molar-refractivity contribution is 5.78. The Morgan fingerprint density at radius 3 is 2.50 bits per heavy atom. The lowest BCUT2D eigenvalue weighted by Gasteiger charge is -2.02. The van der Waals surface area contributed by atoms with Crippen LogP contribution >= 0.6 is 0 Å². The normalized spacial score (nSPS) is 10.6. The number of rotatable bonds is 8. The maximum atomic E-state index is 11.6. The molecule has 0 fully saturated rings. The van der Waals surface area contributed by atoms with Crippen molar-refractivity contribution in [1.82, 2.24) is 0 Å². The molecule has 0 aliphatic carbocycles. The minimum atomic E-state index is -2.46. The molecule has 0 rings (SSSR count). The SMILES string of the molecule is C=C(C)CCC(=O)CCOCC(F)F. The summed E-state index contributed by atoms with van der Waals surface area (Å²) in [7, 11) is 0. The number of carbonyl (C=O) groups excluding carboxylic acids is 1. The van der Waals surface area contributed by atoms with Gasteiger partial charge in [-0.2, -0.15) is 0 Å². The van der Waals surface area contributed by atoms with Crippen molar-refractivity contribution in [1.29, 1.82) is 0 Å². The van der Waals surface area contributed by atoms with Gasteiger partial charge in [0.15, 0.2) is 0 Å². The number of hydrogen-bond acceptors (Lipinski definition) is 2. The number of carbonyl (C=O) groups is 1. The van der Waals surface area contributed by atoms with Crippen LogP contribution in [-0.2, 0) is 9.53 Å². The molecule has 82 valence electrons. The van der Waals surface area contributed by atoms with Gasteiger partial charge in [-0.05, 0) is 13.3 Å². The Bertz CT molecular complexity index is 191. The third-order valence-electron chi connectivity index (χ3n) is 1.60. The summed E-state index contributed by atoms with van der Waals surface area (Å²) in [5.74, 6) is 0.0299. The maximum Gasteiger partial charge on any atom is 0.261 e. The predicted molar refractivity (Wildman–Crippen MR) is 50.5 cm³/mol. The Kier molecular flexibility index (Phi) is 7.20. The molecule has 0 N–H and O–H groups in total. The van der Waals surface area contributed by atoms with Crippen molar-refractivity contribution in [3.05, 3.63) is 12.2 Å². The Balaban J connectivity index is 3.31. The van der Waals surface area contributed by atoms with E-state index in [1.165, 1.54) is 0 Å². The van der Waals surface area contributed by atoms with Crippen LogP contribution < -0.4 is 0 Å². The van der Waals surface area contributed by atoms with Crippen molar-refractivity contribution < 1.29 is 18.3 Å². The molecule has 0 amide bonds. The summed E-state index contributed by atoms with van der Waals surface area (Å²) in [5, 5.41) is 0. The Labute approximate surface area is 82.9 Å². The largest absolute Gasteiger partial charge is 0.375 e. The maximum absolute atomic E-state index is 11.6. The van der Waals surface area contributed by atoms with E-state index in [0.717, 1.165) is 5.57 Å².